The minimum atomic E-state index is -4.49. The number of nitrogens with one attached hydrogen (secondary N) is 1. The fraction of sp³-hybridized carbons (Fsp3) is 0.333. The molecule has 1 aromatic heterocycles. The van der Waals surface area contributed by atoms with Crippen molar-refractivity contribution in [1.29, 1.82) is 0 Å². The highest BCUT2D eigenvalue weighted by molar-refractivity contribution is 7.87. The van der Waals surface area contributed by atoms with Crippen LogP contribution in [0, 0.1) is 13.8 Å². The topological polar surface area (TPSA) is 171 Å². The molecule has 0 amide bonds. The van der Waals surface area contributed by atoms with Crippen molar-refractivity contribution in [3.8, 4) is 0 Å². The molecule has 0 bridgehead atoms. The number of H-pyrrole nitrogens is 1. The van der Waals surface area contributed by atoms with Gasteiger partial charge in [0.1, 0.15) is 17.8 Å². The van der Waals surface area contributed by atoms with E-state index >= 15 is 0 Å². The molecule has 1 aliphatic heterocycles. The van der Waals surface area contributed by atoms with Gasteiger partial charge in [-0.25, -0.2) is 4.79 Å². The fourth-order valence-corrected chi connectivity index (χ4v) is 6.05. The average molecular weight is 567 g/mol. The van der Waals surface area contributed by atoms with E-state index in [0.717, 1.165) is 28.0 Å². The van der Waals surface area contributed by atoms with E-state index in [1.807, 2.05) is 4.98 Å². The number of benzene rings is 2. The van der Waals surface area contributed by atoms with Crippen LogP contribution in [0.1, 0.15) is 24.3 Å². The van der Waals surface area contributed by atoms with Crippen LogP contribution in [-0.4, -0.2) is 55.9 Å². The molecule has 4 rings (SSSR count). The minimum absolute atomic E-state index is 0.147. The largest absolute Gasteiger partial charge is 0.383 e. The third-order valence-electron chi connectivity index (χ3n) is 6.06. The van der Waals surface area contributed by atoms with Crippen molar-refractivity contribution in [3.63, 3.8) is 0 Å². The number of hydrogen-bond acceptors (Lipinski definition) is 10. The third-order valence-corrected chi connectivity index (χ3v) is 8.66. The van der Waals surface area contributed by atoms with Crippen LogP contribution in [0.3, 0.4) is 0 Å². The van der Waals surface area contributed by atoms with Gasteiger partial charge in [-0.15, -0.1) is 0 Å². The monoisotopic (exact) mass is 566 g/mol. The number of nitrogens with zero attached hydrogens (tertiary/aromatic N) is 1. The SMILES string of the molecule is Cc1ccc(S(=O)(=O)OCC2O[C@@H](n3ccc(=O)[nH]c3=O)[C@@](C)(O)[C@@H]2OS(=O)(=O)c2ccc(C)cc2)cc1. The zero-order chi connectivity index (χ0) is 27.9. The van der Waals surface area contributed by atoms with Gasteiger partial charge in [-0.05, 0) is 45.0 Å². The van der Waals surface area contributed by atoms with Crippen LogP contribution in [0.5, 0.6) is 0 Å². The Morgan fingerprint density at radius 2 is 1.45 bits per heavy atom. The predicted molar refractivity (Wildman–Crippen MR) is 133 cm³/mol. The Morgan fingerprint density at radius 1 is 0.921 bits per heavy atom. The molecule has 4 atom stereocenters. The Hall–Kier alpha value is -3.14. The highest BCUT2D eigenvalue weighted by Crippen LogP contribution is 2.41. The molecule has 1 aliphatic rings. The van der Waals surface area contributed by atoms with Gasteiger partial charge < -0.3 is 9.84 Å². The lowest BCUT2D eigenvalue weighted by atomic mass is 9.96. The van der Waals surface area contributed by atoms with Crippen molar-refractivity contribution in [2.75, 3.05) is 6.61 Å². The van der Waals surface area contributed by atoms with E-state index in [1.165, 1.54) is 31.2 Å². The molecule has 1 unspecified atom stereocenters. The number of hydrogen-bond donors (Lipinski definition) is 2. The quantitative estimate of drug-likeness (QED) is 0.375. The maximum Gasteiger partial charge on any atom is 0.330 e. The molecule has 2 aromatic carbocycles. The molecular weight excluding hydrogens is 540 g/mol. The summed E-state index contributed by atoms with van der Waals surface area (Å²) in [6.07, 6.45) is -3.71. The average Bonchev–Trinajstić information content (AvgIpc) is 3.07. The van der Waals surface area contributed by atoms with E-state index in [2.05, 4.69) is 0 Å². The Balaban J connectivity index is 1.69. The van der Waals surface area contributed by atoms with Crippen molar-refractivity contribution in [2.24, 2.45) is 0 Å². The Labute approximate surface area is 218 Å². The lowest BCUT2D eigenvalue weighted by molar-refractivity contribution is -0.0953. The number of aromatic nitrogens is 2. The van der Waals surface area contributed by atoms with Crippen molar-refractivity contribution in [1.82, 2.24) is 9.55 Å². The predicted octanol–water partition coefficient (Wildman–Crippen LogP) is 0.981. The summed E-state index contributed by atoms with van der Waals surface area (Å²) in [6, 6.07) is 12.6. The number of rotatable bonds is 8. The Bertz CT molecular complexity index is 1640. The lowest BCUT2D eigenvalue weighted by Gasteiger charge is -2.29. The molecule has 0 saturated carbocycles. The lowest BCUT2D eigenvalue weighted by Crippen LogP contribution is -2.49. The first kappa shape index (κ1) is 27.9. The van der Waals surface area contributed by atoms with Crippen molar-refractivity contribution in [3.05, 3.63) is 92.8 Å². The van der Waals surface area contributed by atoms with Crippen LogP contribution < -0.4 is 11.2 Å². The Morgan fingerprint density at radius 3 is 1.97 bits per heavy atom. The van der Waals surface area contributed by atoms with E-state index < -0.39 is 62.1 Å². The zero-order valence-corrected chi connectivity index (χ0v) is 22.2. The van der Waals surface area contributed by atoms with E-state index in [0.29, 0.717) is 0 Å². The molecule has 3 aromatic rings. The normalized spacial score (nSPS) is 23.9. The second-order valence-corrected chi connectivity index (χ2v) is 12.3. The zero-order valence-electron chi connectivity index (χ0n) is 20.6. The van der Waals surface area contributed by atoms with Crippen LogP contribution in [0.25, 0.3) is 0 Å². The summed E-state index contributed by atoms with van der Waals surface area (Å²) in [7, 11) is -8.79. The smallest absolute Gasteiger partial charge is 0.330 e. The molecule has 38 heavy (non-hydrogen) atoms. The van der Waals surface area contributed by atoms with Crippen molar-refractivity contribution < 1.29 is 35.0 Å². The van der Waals surface area contributed by atoms with Gasteiger partial charge in [0, 0.05) is 12.3 Å². The molecule has 2 heterocycles. The molecular formula is C24H26N2O10S2. The maximum absolute atomic E-state index is 13.1. The van der Waals surface area contributed by atoms with Gasteiger partial charge in [-0.2, -0.15) is 16.8 Å². The van der Waals surface area contributed by atoms with Gasteiger partial charge >= 0.3 is 5.69 Å². The standard InChI is InChI=1S/C24H26N2O10S2/c1-15-4-8-17(9-5-15)37(30,31)34-14-19-21(36-38(32,33)18-10-6-16(2)7-11-18)24(3,29)22(35-19)26-13-12-20(27)25-23(26)28/h4-13,19,21-22,29H,14H2,1-3H3,(H,25,27,28)/t19?,21-,22-,24+/m1/s1. The number of aliphatic hydroxyl groups is 1. The van der Waals surface area contributed by atoms with E-state index in [4.69, 9.17) is 13.1 Å². The van der Waals surface area contributed by atoms with E-state index in [1.54, 1.807) is 38.1 Å². The number of aryl methyl sites for hydroxylation is 2. The van der Waals surface area contributed by atoms with E-state index in [9.17, 15) is 31.5 Å². The van der Waals surface area contributed by atoms with Gasteiger partial charge in [0.15, 0.2) is 6.23 Å². The second kappa shape index (κ2) is 10.2. The van der Waals surface area contributed by atoms with Gasteiger partial charge in [0.05, 0.1) is 16.4 Å². The molecule has 0 radical (unpaired) electrons. The fourth-order valence-electron chi connectivity index (χ4n) is 3.96. The molecule has 1 fully saturated rings. The highest BCUT2D eigenvalue weighted by Gasteiger charge is 2.57. The summed E-state index contributed by atoms with van der Waals surface area (Å²) in [5.74, 6) is 0. The molecule has 0 aliphatic carbocycles. The Kier molecular flexibility index (Phi) is 7.49. The number of ether oxygens (including phenoxy) is 1. The van der Waals surface area contributed by atoms with Crippen LogP contribution in [0.15, 0.2) is 80.2 Å². The minimum Gasteiger partial charge on any atom is -0.383 e. The van der Waals surface area contributed by atoms with Gasteiger partial charge in [0.25, 0.3) is 25.8 Å². The molecule has 12 nitrogen and oxygen atoms in total. The van der Waals surface area contributed by atoms with Crippen molar-refractivity contribution in [2.45, 2.75) is 54.6 Å². The van der Waals surface area contributed by atoms with Crippen LogP contribution in [-0.2, 0) is 33.3 Å². The molecule has 2 N–H and O–H groups in total. The summed E-state index contributed by atoms with van der Waals surface area (Å²) in [6.45, 7) is 3.95. The van der Waals surface area contributed by atoms with E-state index in [-0.39, 0.29) is 9.79 Å². The molecule has 14 heteroatoms. The van der Waals surface area contributed by atoms with Crippen molar-refractivity contribution >= 4 is 20.2 Å². The first-order chi connectivity index (χ1) is 17.7. The maximum atomic E-state index is 13.1. The molecule has 204 valence electrons. The van der Waals surface area contributed by atoms with Crippen LogP contribution in [0.4, 0.5) is 0 Å². The van der Waals surface area contributed by atoms with Gasteiger partial charge in [-0.1, -0.05) is 35.4 Å². The third kappa shape index (κ3) is 5.65. The summed E-state index contributed by atoms with van der Waals surface area (Å²) in [5, 5.41) is 11.4. The first-order valence-corrected chi connectivity index (χ1v) is 14.2. The summed E-state index contributed by atoms with van der Waals surface area (Å²) in [5.41, 5.74) is -2.24. The van der Waals surface area contributed by atoms with Gasteiger partial charge in [-0.3, -0.25) is 22.7 Å². The number of aromatic amines is 1. The second-order valence-electron chi connectivity index (χ2n) is 9.11. The van der Waals surface area contributed by atoms with Crippen LogP contribution in [0.2, 0.25) is 0 Å². The van der Waals surface area contributed by atoms with Crippen LogP contribution >= 0.6 is 0 Å². The molecule has 0 spiro atoms. The first-order valence-electron chi connectivity index (χ1n) is 11.4. The van der Waals surface area contributed by atoms with Gasteiger partial charge in [0.2, 0.25) is 0 Å². The summed E-state index contributed by atoms with van der Waals surface area (Å²) < 4.78 is 68.8. The summed E-state index contributed by atoms with van der Waals surface area (Å²) >= 11 is 0. The molecule has 1 saturated heterocycles. The highest BCUT2D eigenvalue weighted by atomic mass is 32.2. The summed E-state index contributed by atoms with van der Waals surface area (Å²) in [4.78, 5) is 25.6.